The van der Waals surface area contributed by atoms with Crippen LogP contribution in [0.5, 0.6) is 0 Å². The monoisotopic (exact) mass is 414 g/mol. The quantitative estimate of drug-likeness (QED) is 0.543. The maximum atomic E-state index is 6.56. The maximum absolute atomic E-state index is 6.56. The highest BCUT2D eigenvalue weighted by molar-refractivity contribution is 7.19. The number of halogens is 1. The molecule has 0 amide bonds. The molecule has 0 saturated heterocycles. The van der Waals surface area contributed by atoms with Crippen LogP contribution in [0.3, 0.4) is 0 Å². The third-order valence-corrected chi connectivity index (χ3v) is 7.19. The lowest BCUT2D eigenvalue weighted by molar-refractivity contribution is 0.228. The molecule has 3 aromatic rings. The number of aryl methyl sites for hydroxylation is 3. The van der Waals surface area contributed by atoms with Gasteiger partial charge >= 0.3 is 0 Å². The molecule has 148 valence electrons. The summed E-state index contributed by atoms with van der Waals surface area (Å²) in [5, 5.41) is 5.73. The predicted molar refractivity (Wildman–Crippen MR) is 120 cm³/mol. The first-order valence-corrected chi connectivity index (χ1v) is 11.3. The van der Waals surface area contributed by atoms with Crippen molar-refractivity contribution >= 4 is 39.0 Å². The predicted octanol–water partition coefficient (Wildman–Crippen LogP) is 5.64. The molecule has 1 aromatic carbocycles. The molecule has 2 aromatic heterocycles. The molecule has 0 aliphatic heterocycles. The number of thiophene rings is 1. The Morgan fingerprint density at radius 2 is 1.96 bits per heavy atom. The molecule has 1 atom stereocenters. The van der Waals surface area contributed by atoms with Gasteiger partial charge in [0.15, 0.2) is 0 Å². The van der Waals surface area contributed by atoms with Crippen molar-refractivity contribution < 1.29 is 0 Å². The van der Waals surface area contributed by atoms with E-state index in [1.807, 2.05) is 30.4 Å². The van der Waals surface area contributed by atoms with E-state index in [1.165, 1.54) is 28.7 Å². The number of anilines is 1. The molecule has 0 saturated carbocycles. The normalized spacial score (nSPS) is 14.6. The van der Waals surface area contributed by atoms with Gasteiger partial charge in [-0.25, -0.2) is 9.97 Å². The minimum Gasteiger partial charge on any atom is -0.367 e. The maximum Gasteiger partial charge on any atom is 0.138 e. The van der Waals surface area contributed by atoms with Crippen molar-refractivity contribution in [3.63, 3.8) is 0 Å². The van der Waals surface area contributed by atoms with E-state index < -0.39 is 0 Å². The first-order chi connectivity index (χ1) is 13.6. The van der Waals surface area contributed by atoms with Crippen molar-refractivity contribution in [3.05, 3.63) is 51.1 Å². The Kier molecular flexibility index (Phi) is 5.85. The minimum absolute atomic E-state index is 0.195. The zero-order valence-corrected chi connectivity index (χ0v) is 18.3. The molecular formula is C22H27ClN4S. The van der Waals surface area contributed by atoms with Crippen molar-refractivity contribution in [1.29, 1.82) is 0 Å². The van der Waals surface area contributed by atoms with E-state index in [-0.39, 0.29) is 6.04 Å². The van der Waals surface area contributed by atoms with Crippen LogP contribution in [0.1, 0.15) is 48.1 Å². The van der Waals surface area contributed by atoms with Crippen molar-refractivity contribution in [2.75, 3.05) is 25.0 Å². The highest BCUT2D eigenvalue weighted by Gasteiger charge is 2.24. The summed E-state index contributed by atoms with van der Waals surface area (Å²) in [7, 11) is 0. The summed E-state index contributed by atoms with van der Waals surface area (Å²) >= 11 is 8.40. The molecule has 0 radical (unpaired) electrons. The Bertz CT molecular complexity index is 980. The van der Waals surface area contributed by atoms with Gasteiger partial charge in [0.1, 0.15) is 16.5 Å². The number of hydrogen-bond acceptors (Lipinski definition) is 5. The third-order valence-electron chi connectivity index (χ3n) is 5.66. The number of benzene rings is 1. The van der Waals surface area contributed by atoms with Gasteiger partial charge in [-0.3, -0.25) is 4.90 Å². The highest BCUT2D eigenvalue weighted by atomic mass is 35.5. The van der Waals surface area contributed by atoms with Crippen LogP contribution in [-0.4, -0.2) is 34.5 Å². The molecule has 4 rings (SSSR count). The average molecular weight is 415 g/mol. The number of nitrogens with zero attached hydrogens (tertiary/aromatic N) is 3. The van der Waals surface area contributed by atoms with Gasteiger partial charge in [0.25, 0.3) is 0 Å². The number of nitrogens with one attached hydrogen (secondary N) is 1. The Hall–Kier alpha value is -1.69. The lowest BCUT2D eigenvalue weighted by atomic mass is 10.0. The standard InChI is InChI=1S/C22H27ClN4S/c1-4-27(5-2)18(15-9-6-7-11-17(15)23)13-24-21-20-16-10-8-12-19(16)28-22(20)26-14(3)25-21/h6-7,9,11,18H,4-5,8,10,12-13H2,1-3H3,(H,24,25,26)/t18-/m1/s1. The van der Waals surface area contributed by atoms with Crippen LogP contribution < -0.4 is 5.32 Å². The summed E-state index contributed by atoms with van der Waals surface area (Å²) in [4.78, 5) is 14.5. The molecule has 2 heterocycles. The second kappa shape index (κ2) is 8.36. The molecular weight excluding hydrogens is 388 g/mol. The van der Waals surface area contributed by atoms with Crippen LogP contribution >= 0.6 is 22.9 Å². The largest absolute Gasteiger partial charge is 0.367 e. The number of rotatable bonds is 7. The van der Waals surface area contributed by atoms with E-state index in [4.69, 9.17) is 21.6 Å². The van der Waals surface area contributed by atoms with Crippen LogP contribution in [0.2, 0.25) is 5.02 Å². The average Bonchev–Trinajstić information content (AvgIpc) is 3.26. The fourth-order valence-electron chi connectivity index (χ4n) is 4.27. The number of likely N-dealkylation sites (N-methyl/N-ethyl adjacent to an activating group) is 1. The van der Waals surface area contributed by atoms with Gasteiger partial charge in [0.2, 0.25) is 0 Å². The van der Waals surface area contributed by atoms with Crippen LogP contribution in [0, 0.1) is 6.92 Å². The molecule has 6 heteroatoms. The van der Waals surface area contributed by atoms with Gasteiger partial charge in [0, 0.05) is 16.4 Å². The molecule has 4 nitrogen and oxygen atoms in total. The van der Waals surface area contributed by atoms with Gasteiger partial charge in [0.05, 0.1) is 11.4 Å². The molecule has 1 aliphatic rings. The van der Waals surface area contributed by atoms with Crippen LogP contribution in [0.4, 0.5) is 5.82 Å². The van der Waals surface area contributed by atoms with E-state index in [0.29, 0.717) is 0 Å². The molecule has 28 heavy (non-hydrogen) atoms. The fraction of sp³-hybridized carbons (Fsp3) is 0.455. The smallest absolute Gasteiger partial charge is 0.138 e. The van der Waals surface area contributed by atoms with Gasteiger partial charge in [-0.1, -0.05) is 43.6 Å². The molecule has 0 fully saturated rings. The molecule has 0 spiro atoms. The summed E-state index contributed by atoms with van der Waals surface area (Å²) in [6.07, 6.45) is 3.56. The molecule has 1 N–H and O–H groups in total. The van der Waals surface area contributed by atoms with E-state index in [2.05, 4.69) is 36.2 Å². The first-order valence-electron chi connectivity index (χ1n) is 10.1. The molecule has 0 bridgehead atoms. The Morgan fingerprint density at radius 1 is 1.18 bits per heavy atom. The SMILES string of the molecule is CCN(CC)[C@H](CNc1nc(C)nc2sc3c(c12)CCC3)c1ccccc1Cl. The second-order valence-electron chi connectivity index (χ2n) is 7.30. The Morgan fingerprint density at radius 3 is 2.71 bits per heavy atom. The summed E-state index contributed by atoms with van der Waals surface area (Å²) in [5.74, 6) is 1.80. The Labute approximate surface area is 176 Å². The molecule has 0 unspecified atom stereocenters. The van der Waals surface area contributed by atoms with Crippen molar-refractivity contribution in [2.24, 2.45) is 0 Å². The lowest BCUT2D eigenvalue weighted by Crippen LogP contribution is -2.33. The number of hydrogen-bond donors (Lipinski definition) is 1. The third kappa shape index (κ3) is 3.63. The van der Waals surface area contributed by atoms with E-state index >= 15 is 0 Å². The molecule has 1 aliphatic carbocycles. The topological polar surface area (TPSA) is 41.0 Å². The Balaban J connectivity index is 1.69. The van der Waals surface area contributed by atoms with Crippen LogP contribution in [-0.2, 0) is 12.8 Å². The van der Waals surface area contributed by atoms with E-state index in [9.17, 15) is 0 Å². The second-order valence-corrected chi connectivity index (χ2v) is 8.79. The highest BCUT2D eigenvalue weighted by Crippen LogP contribution is 2.39. The van der Waals surface area contributed by atoms with Gasteiger partial charge in [-0.05, 0) is 56.5 Å². The summed E-state index contributed by atoms with van der Waals surface area (Å²) in [6.45, 7) is 9.09. The van der Waals surface area contributed by atoms with Gasteiger partial charge in [-0.2, -0.15) is 0 Å². The van der Waals surface area contributed by atoms with E-state index in [1.54, 1.807) is 0 Å². The number of aromatic nitrogens is 2. The first kappa shape index (κ1) is 19.6. The fourth-order valence-corrected chi connectivity index (χ4v) is 5.84. The van der Waals surface area contributed by atoms with Crippen molar-refractivity contribution in [3.8, 4) is 0 Å². The zero-order chi connectivity index (χ0) is 19.7. The van der Waals surface area contributed by atoms with Crippen LogP contribution in [0.15, 0.2) is 24.3 Å². The summed E-state index contributed by atoms with van der Waals surface area (Å²) < 4.78 is 0. The number of fused-ring (bicyclic) bond motifs is 3. The lowest BCUT2D eigenvalue weighted by Gasteiger charge is -2.31. The van der Waals surface area contributed by atoms with Crippen LogP contribution in [0.25, 0.3) is 10.2 Å². The summed E-state index contributed by atoms with van der Waals surface area (Å²) in [6, 6.07) is 8.37. The summed E-state index contributed by atoms with van der Waals surface area (Å²) in [5.41, 5.74) is 2.62. The van der Waals surface area contributed by atoms with Crippen molar-refractivity contribution in [1.82, 2.24) is 14.9 Å². The van der Waals surface area contributed by atoms with Gasteiger partial charge < -0.3 is 5.32 Å². The minimum atomic E-state index is 0.195. The van der Waals surface area contributed by atoms with Gasteiger partial charge in [-0.15, -0.1) is 11.3 Å². The van der Waals surface area contributed by atoms with Crippen molar-refractivity contribution in [2.45, 2.75) is 46.1 Å². The van der Waals surface area contributed by atoms with E-state index in [0.717, 1.165) is 53.1 Å². The zero-order valence-electron chi connectivity index (χ0n) is 16.8.